The molecule has 132 valence electrons. The molecule has 3 rings (SSSR count). The molecule has 0 saturated carbocycles. The van der Waals surface area contributed by atoms with Crippen molar-refractivity contribution in [3.05, 3.63) is 64.7 Å². The Balaban J connectivity index is 1.50. The summed E-state index contributed by atoms with van der Waals surface area (Å²) in [5.74, 6) is 0.0427. The van der Waals surface area contributed by atoms with Crippen LogP contribution in [0.5, 0.6) is 0 Å². The Morgan fingerprint density at radius 1 is 1.16 bits per heavy atom. The second kappa shape index (κ2) is 8.75. The number of nitrogens with one attached hydrogen (secondary N) is 1. The van der Waals surface area contributed by atoms with Gasteiger partial charge < -0.3 is 5.32 Å². The zero-order valence-electron chi connectivity index (χ0n) is 14.4. The molecule has 0 aromatic heterocycles. The Labute approximate surface area is 158 Å². The minimum atomic E-state index is 0.0427. The fourth-order valence-electron chi connectivity index (χ4n) is 3.18. The highest BCUT2D eigenvalue weighted by Crippen LogP contribution is 2.21. The number of carbonyl (C=O) groups excluding carboxylic acids is 1. The SMILES string of the molecule is CSc1ccccc1C(=O)NC1CCN(Cc2ccc(Cl)cc2)CC1. The van der Waals surface area contributed by atoms with Gasteiger partial charge in [0.1, 0.15) is 0 Å². The van der Waals surface area contributed by atoms with E-state index in [1.54, 1.807) is 11.8 Å². The second-order valence-corrected chi connectivity index (χ2v) is 7.64. The van der Waals surface area contributed by atoms with E-state index in [1.165, 1.54) is 5.56 Å². The number of amides is 1. The Morgan fingerprint density at radius 3 is 2.52 bits per heavy atom. The van der Waals surface area contributed by atoms with E-state index >= 15 is 0 Å². The van der Waals surface area contributed by atoms with Crippen molar-refractivity contribution in [2.75, 3.05) is 19.3 Å². The van der Waals surface area contributed by atoms with Crippen molar-refractivity contribution in [2.45, 2.75) is 30.3 Å². The molecule has 25 heavy (non-hydrogen) atoms. The van der Waals surface area contributed by atoms with Gasteiger partial charge in [-0.1, -0.05) is 35.9 Å². The first-order valence-electron chi connectivity index (χ1n) is 8.56. The number of rotatable bonds is 5. The van der Waals surface area contributed by atoms with E-state index < -0.39 is 0 Å². The number of hydrogen-bond acceptors (Lipinski definition) is 3. The topological polar surface area (TPSA) is 32.3 Å². The lowest BCUT2D eigenvalue weighted by atomic mass is 10.0. The van der Waals surface area contributed by atoms with E-state index in [2.05, 4.69) is 22.3 Å². The molecule has 0 aliphatic carbocycles. The van der Waals surface area contributed by atoms with Crippen molar-refractivity contribution in [1.29, 1.82) is 0 Å². The van der Waals surface area contributed by atoms with Gasteiger partial charge in [0.05, 0.1) is 5.56 Å². The van der Waals surface area contributed by atoms with Crippen LogP contribution in [0.3, 0.4) is 0 Å². The fraction of sp³-hybridized carbons (Fsp3) is 0.350. The summed E-state index contributed by atoms with van der Waals surface area (Å²) >= 11 is 7.55. The van der Waals surface area contributed by atoms with Gasteiger partial charge in [0, 0.05) is 35.6 Å². The van der Waals surface area contributed by atoms with Crippen LogP contribution >= 0.6 is 23.4 Å². The number of nitrogens with zero attached hydrogens (tertiary/aromatic N) is 1. The van der Waals surface area contributed by atoms with Crippen LogP contribution in [-0.2, 0) is 6.54 Å². The van der Waals surface area contributed by atoms with Crippen molar-refractivity contribution in [3.8, 4) is 0 Å². The third kappa shape index (κ3) is 5.00. The molecule has 1 fully saturated rings. The summed E-state index contributed by atoms with van der Waals surface area (Å²) in [6.07, 6.45) is 3.98. The Hall–Kier alpha value is -1.49. The molecule has 5 heteroatoms. The lowest BCUT2D eigenvalue weighted by molar-refractivity contribution is 0.0906. The van der Waals surface area contributed by atoms with Crippen LogP contribution in [0, 0.1) is 0 Å². The quantitative estimate of drug-likeness (QED) is 0.784. The highest BCUT2D eigenvalue weighted by Gasteiger charge is 2.22. The van der Waals surface area contributed by atoms with Crippen LogP contribution in [0.25, 0.3) is 0 Å². The maximum absolute atomic E-state index is 12.5. The molecule has 1 N–H and O–H groups in total. The van der Waals surface area contributed by atoms with E-state index in [-0.39, 0.29) is 11.9 Å². The number of benzene rings is 2. The first-order chi connectivity index (χ1) is 12.2. The molecular weight excluding hydrogens is 352 g/mol. The van der Waals surface area contributed by atoms with Crippen molar-refractivity contribution < 1.29 is 4.79 Å². The minimum Gasteiger partial charge on any atom is -0.349 e. The molecule has 0 atom stereocenters. The molecule has 1 amide bonds. The van der Waals surface area contributed by atoms with Crippen LogP contribution in [0.2, 0.25) is 5.02 Å². The van der Waals surface area contributed by atoms with Gasteiger partial charge in [0.2, 0.25) is 0 Å². The molecule has 1 aliphatic rings. The van der Waals surface area contributed by atoms with Gasteiger partial charge in [-0.15, -0.1) is 11.8 Å². The molecule has 3 nitrogen and oxygen atoms in total. The van der Waals surface area contributed by atoms with Crippen molar-refractivity contribution in [2.24, 2.45) is 0 Å². The molecule has 1 aliphatic heterocycles. The number of thioether (sulfide) groups is 1. The Morgan fingerprint density at radius 2 is 1.84 bits per heavy atom. The van der Waals surface area contributed by atoms with Gasteiger partial charge in [-0.25, -0.2) is 0 Å². The summed E-state index contributed by atoms with van der Waals surface area (Å²) in [5.41, 5.74) is 2.05. The first-order valence-corrected chi connectivity index (χ1v) is 10.2. The molecule has 1 saturated heterocycles. The van der Waals surface area contributed by atoms with E-state index in [0.717, 1.165) is 48.0 Å². The molecule has 0 unspecified atom stereocenters. The van der Waals surface area contributed by atoms with Gasteiger partial charge in [0.15, 0.2) is 0 Å². The zero-order valence-corrected chi connectivity index (χ0v) is 15.9. The standard InChI is InChI=1S/C20H23ClN2OS/c1-25-19-5-3-2-4-18(19)20(24)22-17-10-12-23(13-11-17)14-15-6-8-16(21)9-7-15/h2-9,17H,10-14H2,1H3,(H,22,24). The predicted octanol–water partition coefficient (Wildman–Crippen LogP) is 4.46. The van der Waals surface area contributed by atoms with Crippen molar-refractivity contribution in [3.63, 3.8) is 0 Å². The highest BCUT2D eigenvalue weighted by molar-refractivity contribution is 7.98. The lowest BCUT2D eigenvalue weighted by Gasteiger charge is -2.32. The van der Waals surface area contributed by atoms with Gasteiger partial charge in [-0.3, -0.25) is 9.69 Å². The van der Waals surface area contributed by atoms with Gasteiger partial charge in [-0.2, -0.15) is 0 Å². The summed E-state index contributed by atoms with van der Waals surface area (Å²) in [6, 6.07) is 16.1. The third-order valence-electron chi connectivity index (χ3n) is 4.59. The van der Waals surface area contributed by atoms with Crippen LogP contribution in [0.15, 0.2) is 53.4 Å². The summed E-state index contributed by atoms with van der Waals surface area (Å²) in [6.45, 7) is 2.93. The van der Waals surface area contributed by atoms with E-state index in [1.807, 2.05) is 42.7 Å². The fourth-order valence-corrected chi connectivity index (χ4v) is 3.90. The monoisotopic (exact) mass is 374 g/mol. The van der Waals surface area contributed by atoms with E-state index in [0.29, 0.717) is 0 Å². The smallest absolute Gasteiger partial charge is 0.252 e. The van der Waals surface area contributed by atoms with Crippen LogP contribution in [0.4, 0.5) is 0 Å². The van der Waals surface area contributed by atoms with E-state index in [9.17, 15) is 4.79 Å². The lowest BCUT2D eigenvalue weighted by Crippen LogP contribution is -2.44. The van der Waals surface area contributed by atoms with Gasteiger partial charge in [-0.05, 0) is 48.9 Å². The van der Waals surface area contributed by atoms with Crippen LogP contribution in [0.1, 0.15) is 28.8 Å². The predicted molar refractivity (Wildman–Crippen MR) is 105 cm³/mol. The minimum absolute atomic E-state index is 0.0427. The summed E-state index contributed by atoms with van der Waals surface area (Å²) in [4.78, 5) is 16.0. The van der Waals surface area contributed by atoms with Gasteiger partial charge >= 0.3 is 0 Å². The normalized spacial score (nSPS) is 15.9. The molecule has 1 heterocycles. The number of piperidine rings is 1. The largest absolute Gasteiger partial charge is 0.349 e. The Kier molecular flexibility index (Phi) is 6.40. The summed E-state index contributed by atoms with van der Waals surface area (Å²) < 4.78 is 0. The van der Waals surface area contributed by atoms with Crippen molar-refractivity contribution >= 4 is 29.3 Å². The molecule has 0 bridgehead atoms. The number of hydrogen-bond donors (Lipinski definition) is 1. The molecule has 0 radical (unpaired) electrons. The number of carbonyl (C=O) groups is 1. The molecule has 2 aromatic rings. The first kappa shape index (κ1) is 18.3. The third-order valence-corrected chi connectivity index (χ3v) is 5.64. The average Bonchev–Trinajstić information content (AvgIpc) is 2.65. The maximum atomic E-state index is 12.5. The molecule has 2 aromatic carbocycles. The Bertz CT molecular complexity index is 712. The van der Waals surface area contributed by atoms with Gasteiger partial charge in [0.25, 0.3) is 5.91 Å². The zero-order chi connectivity index (χ0) is 17.6. The average molecular weight is 375 g/mol. The highest BCUT2D eigenvalue weighted by atomic mass is 35.5. The molecular formula is C20H23ClN2OS. The number of likely N-dealkylation sites (tertiary alicyclic amines) is 1. The summed E-state index contributed by atoms with van der Waals surface area (Å²) in [7, 11) is 0. The summed E-state index contributed by atoms with van der Waals surface area (Å²) in [5, 5.41) is 3.98. The molecule has 0 spiro atoms. The second-order valence-electron chi connectivity index (χ2n) is 6.35. The maximum Gasteiger partial charge on any atom is 0.252 e. The number of halogens is 1. The van der Waals surface area contributed by atoms with Crippen molar-refractivity contribution in [1.82, 2.24) is 10.2 Å². The van der Waals surface area contributed by atoms with Crippen LogP contribution in [-0.4, -0.2) is 36.2 Å². The van der Waals surface area contributed by atoms with Crippen LogP contribution < -0.4 is 5.32 Å². The van der Waals surface area contributed by atoms with E-state index in [4.69, 9.17) is 11.6 Å².